The number of hydrogen-bond donors (Lipinski definition) is 0. The van der Waals surface area contributed by atoms with Crippen LogP contribution in [0, 0.1) is 0 Å². The molecule has 7 nitrogen and oxygen atoms in total. The smallest absolute Gasteiger partial charge is 0.260 e. The standard InChI is InChI=1S/C27H34ClN3O4/c1-29(26(33)21-12-8-13-22(28)18-21)17-9-14-23-27(34)30(2)16-7-6-11-20-10-4-5-15-24(20)35-19-25(32)31(23)3/h4-5,8,10,12-13,15,18,23H,6-7,9,11,14,16-17,19H2,1-3H3/t23-/m0/s1. The molecule has 0 fully saturated rings. The summed E-state index contributed by atoms with van der Waals surface area (Å²) in [6, 6.07) is 14.0. The van der Waals surface area contributed by atoms with Crippen molar-refractivity contribution in [1.82, 2.24) is 14.7 Å². The highest BCUT2D eigenvalue weighted by Crippen LogP contribution is 2.21. The molecule has 2 aromatic carbocycles. The monoisotopic (exact) mass is 499 g/mol. The van der Waals surface area contributed by atoms with Crippen molar-refractivity contribution in [2.45, 2.75) is 38.1 Å². The Labute approximate surface area is 212 Å². The second kappa shape index (κ2) is 12.6. The van der Waals surface area contributed by atoms with E-state index in [0.717, 1.165) is 24.8 Å². The Balaban J connectivity index is 1.67. The topological polar surface area (TPSA) is 70.2 Å². The quantitative estimate of drug-likeness (QED) is 0.625. The molecule has 8 heteroatoms. The van der Waals surface area contributed by atoms with E-state index in [-0.39, 0.29) is 24.3 Å². The molecule has 1 aliphatic rings. The number of hydrogen-bond acceptors (Lipinski definition) is 4. The predicted octanol–water partition coefficient (Wildman–Crippen LogP) is 3.89. The highest BCUT2D eigenvalue weighted by atomic mass is 35.5. The molecule has 1 heterocycles. The van der Waals surface area contributed by atoms with Crippen LogP contribution in [-0.4, -0.2) is 79.3 Å². The molecule has 3 amide bonds. The van der Waals surface area contributed by atoms with Crippen molar-refractivity contribution >= 4 is 29.3 Å². The molecular formula is C27H34ClN3O4. The van der Waals surface area contributed by atoms with Crippen LogP contribution in [0.5, 0.6) is 5.75 Å². The molecule has 0 bridgehead atoms. The van der Waals surface area contributed by atoms with Crippen LogP contribution in [0.1, 0.15) is 41.6 Å². The van der Waals surface area contributed by atoms with Crippen LogP contribution in [0.4, 0.5) is 0 Å². The van der Waals surface area contributed by atoms with Gasteiger partial charge < -0.3 is 19.4 Å². The van der Waals surface area contributed by atoms with Crippen molar-refractivity contribution in [3.63, 3.8) is 0 Å². The Morgan fingerprint density at radius 2 is 1.89 bits per heavy atom. The van der Waals surface area contributed by atoms with E-state index < -0.39 is 6.04 Å². The van der Waals surface area contributed by atoms with Gasteiger partial charge in [0.15, 0.2) is 6.61 Å². The van der Waals surface area contributed by atoms with Crippen LogP contribution in [0.25, 0.3) is 0 Å². The number of carbonyl (C=O) groups is 3. The first-order valence-corrected chi connectivity index (χ1v) is 12.4. The van der Waals surface area contributed by atoms with Gasteiger partial charge in [0.2, 0.25) is 5.91 Å². The number of likely N-dealkylation sites (N-methyl/N-ethyl adjacent to an activating group) is 2. The van der Waals surface area contributed by atoms with Gasteiger partial charge in [-0.15, -0.1) is 0 Å². The number of rotatable bonds is 5. The van der Waals surface area contributed by atoms with Crippen molar-refractivity contribution in [3.8, 4) is 5.75 Å². The molecular weight excluding hydrogens is 466 g/mol. The Morgan fingerprint density at radius 3 is 2.66 bits per heavy atom. The van der Waals surface area contributed by atoms with Gasteiger partial charge >= 0.3 is 0 Å². The minimum atomic E-state index is -0.623. The zero-order valence-electron chi connectivity index (χ0n) is 20.7. The highest BCUT2D eigenvalue weighted by Gasteiger charge is 2.29. The number of amides is 3. The van der Waals surface area contributed by atoms with Crippen LogP contribution in [0.2, 0.25) is 5.02 Å². The van der Waals surface area contributed by atoms with E-state index >= 15 is 0 Å². The molecule has 188 valence electrons. The fourth-order valence-electron chi connectivity index (χ4n) is 4.24. The van der Waals surface area contributed by atoms with Crippen molar-refractivity contribution in [3.05, 3.63) is 64.7 Å². The number of carbonyl (C=O) groups excluding carboxylic acids is 3. The number of halogens is 1. The molecule has 0 saturated heterocycles. The van der Waals surface area contributed by atoms with Gasteiger partial charge in [0, 0.05) is 44.8 Å². The van der Waals surface area contributed by atoms with Gasteiger partial charge in [0.1, 0.15) is 11.8 Å². The molecule has 0 saturated carbocycles. The number of ether oxygens (including phenoxy) is 1. The minimum absolute atomic E-state index is 0.0959. The molecule has 0 aliphatic carbocycles. The SMILES string of the molecule is CN(CCC[C@H]1C(=O)N(C)CCCCc2ccccc2OCC(=O)N1C)C(=O)c1cccc(Cl)c1. The van der Waals surface area contributed by atoms with E-state index in [9.17, 15) is 14.4 Å². The normalized spacial score (nSPS) is 17.5. The summed E-state index contributed by atoms with van der Waals surface area (Å²) in [5.74, 6) is 0.226. The second-order valence-corrected chi connectivity index (χ2v) is 9.45. The molecule has 0 aromatic heterocycles. The third kappa shape index (κ3) is 7.21. The van der Waals surface area contributed by atoms with Gasteiger partial charge in [-0.2, -0.15) is 0 Å². The molecule has 35 heavy (non-hydrogen) atoms. The van der Waals surface area contributed by atoms with Crippen molar-refractivity contribution in [1.29, 1.82) is 0 Å². The van der Waals surface area contributed by atoms with E-state index in [4.69, 9.17) is 16.3 Å². The van der Waals surface area contributed by atoms with Gasteiger partial charge in [-0.05, 0) is 61.9 Å². The van der Waals surface area contributed by atoms with E-state index in [2.05, 4.69) is 0 Å². The van der Waals surface area contributed by atoms with Gasteiger partial charge in [-0.25, -0.2) is 0 Å². The Hall–Kier alpha value is -3.06. The lowest BCUT2D eigenvalue weighted by Gasteiger charge is -2.31. The first-order valence-electron chi connectivity index (χ1n) is 12.0. The molecule has 0 unspecified atom stereocenters. The Kier molecular flexibility index (Phi) is 9.55. The summed E-state index contributed by atoms with van der Waals surface area (Å²) in [5.41, 5.74) is 1.59. The first kappa shape index (κ1) is 26.5. The second-order valence-electron chi connectivity index (χ2n) is 9.01. The van der Waals surface area contributed by atoms with E-state index in [0.29, 0.717) is 42.3 Å². The molecule has 0 spiro atoms. The van der Waals surface area contributed by atoms with E-state index in [1.807, 2.05) is 24.3 Å². The summed E-state index contributed by atoms with van der Waals surface area (Å²) in [6.07, 6.45) is 3.61. The van der Waals surface area contributed by atoms with Crippen LogP contribution in [0.3, 0.4) is 0 Å². The Bertz CT molecular complexity index is 1040. The average Bonchev–Trinajstić information content (AvgIpc) is 2.86. The van der Waals surface area contributed by atoms with E-state index in [1.165, 1.54) is 4.90 Å². The average molecular weight is 500 g/mol. The van der Waals surface area contributed by atoms with E-state index in [1.54, 1.807) is 55.2 Å². The van der Waals surface area contributed by atoms with Gasteiger partial charge in [0.05, 0.1) is 0 Å². The maximum atomic E-state index is 13.3. The molecule has 2 aromatic rings. The third-order valence-corrected chi connectivity index (χ3v) is 6.66. The molecule has 1 atom stereocenters. The third-order valence-electron chi connectivity index (χ3n) is 6.42. The van der Waals surface area contributed by atoms with Gasteiger partial charge in [-0.1, -0.05) is 35.9 Å². The van der Waals surface area contributed by atoms with Crippen LogP contribution < -0.4 is 4.74 Å². The summed E-state index contributed by atoms with van der Waals surface area (Å²) in [7, 11) is 5.16. The Morgan fingerprint density at radius 1 is 1.11 bits per heavy atom. The van der Waals surface area contributed by atoms with Crippen LogP contribution in [0.15, 0.2) is 48.5 Å². The zero-order chi connectivity index (χ0) is 25.4. The number of benzene rings is 2. The summed E-state index contributed by atoms with van der Waals surface area (Å²) < 4.78 is 5.85. The summed E-state index contributed by atoms with van der Waals surface area (Å²) in [4.78, 5) is 43.8. The largest absolute Gasteiger partial charge is 0.483 e. The summed E-state index contributed by atoms with van der Waals surface area (Å²) in [6.45, 7) is 0.937. The molecule has 0 radical (unpaired) electrons. The fourth-order valence-corrected chi connectivity index (χ4v) is 4.43. The van der Waals surface area contributed by atoms with Gasteiger partial charge in [-0.3, -0.25) is 14.4 Å². The highest BCUT2D eigenvalue weighted by molar-refractivity contribution is 6.30. The maximum Gasteiger partial charge on any atom is 0.260 e. The predicted molar refractivity (Wildman–Crippen MR) is 137 cm³/mol. The number of nitrogens with zero attached hydrogens (tertiary/aromatic N) is 3. The lowest BCUT2D eigenvalue weighted by atomic mass is 10.1. The van der Waals surface area contributed by atoms with Crippen molar-refractivity contribution < 1.29 is 19.1 Å². The number of para-hydroxylation sites is 1. The number of fused-ring (bicyclic) bond motifs is 1. The zero-order valence-corrected chi connectivity index (χ0v) is 21.5. The van der Waals surface area contributed by atoms with Gasteiger partial charge in [0.25, 0.3) is 11.8 Å². The molecule has 0 N–H and O–H groups in total. The fraction of sp³-hybridized carbons (Fsp3) is 0.444. The van der Waals surface area contributed by atoms with Crippen molar-refractivity contribution in [2.24, 2.45) is 0 Å². The van der Waals surface area contributed by atoms with Crippen LogP contribution >= 0.6 is 11.6 Å². The summed E-state index contributed by atoms with van der Waals surface area (Å²) >= 11 is 6.01. The lowest BCUT2D eigenvalue weighted by molar-refractivity contribution is -0.145. The van der Waals surface area contributed by atoms with Crippen molar-refractivity contribution in [2.75, 3.05) is 40.8 Å². The number of aryl methyl sites for hydroxylation is 1. The molecule has 1 aliphatic heterocycles. The summed E-state index contributed by atoms with van der Waals surface area (Å²) in [5, 5.41) is 0.506. The maximum absolute atomic E-state index is 13.3. The lowest BCUT2D eigenvalue weighted by Crippen LogP contribution is -2.50. The van der Waals surface area contributed by atoms with Crippen LogP contribution in [-0.2, 0) is 16.0 Å². The first-order chi connectivity index (χ1) is 16.8. The minimum Gasteiger partial charge on any atom is -0.483 e. The molecule has 3 rings (SSSR count).